The van der Waals surface area contributed by atoms with Gasteiger partial charge in [0.1, 0.15) is 0 Å². The van der Waals surface area contributed by atoms with Crippen molar-refractivity contribution < 1.29 is 0 Å². The standard InChI is InChI=1S/C17H18N2/c1-4-18-11-8-6-7-9-16(10-12-19-5-2)14-17-13-15(17)3/h4-14H,1-2H2,3H3/b8-6+,9-7-,16-10+,17-14-,18-11+,19-12+. The van der Waals surface area contributed by atoms with Gasteiger partial charge >= 0.3 is 0 Å². The lowest BCUT2D eigenvalue weighted by atomic mass is 10.2. The highest BCUT2D eigenvalue weighted by molar-refractivity contribution is 5.76. The van der Waals surface area contributed by atoms with Gasteiger partial charge in [0, 0.05) is 24.8 Å². The molecule has 0 aliphatic heterocycles. The second kappa shape index (κ2) is 8.59. The van der Waals surface area contributed by atoms with Crippen molar-refractivity contribution in [3.63, 3.8) is 0 Å². The van der Waals surface area contributed by atoms with Gasteiger partial charge in [-0.15, -0.1) is 0 Å². The van der Waals surface area contributed by atoms with Gasteiger partial charge in [-0.05, 0) is 41.9 Å². The molecule has 0 amide bonds. The first-order valence-corrected chi connectivity index (χ1v) is 6.00. The Morgan fingerprint density at radius 3 is 2.37 bits per heavy atom. The van der Waals surface area contributed by atoms with Gasteiger partial charge < -0.3 is 0 Å². The fraction of sp³-hybridized carbons (Fsp3) is 0.0588. The van der Waals surface area contributed by atoms with Crippen LogP contribution in [0.15, 0.2) is 94.8 Å². The number of hydrogen-bond acceptors (Lipinski definition) is 2. The molecule has 0 atom stereocenters. The van der Waals surface area contributed by atoms with Crippen LogP contribution in [0.4, 0.5) is 0 Å². The van der Waals surface area contributed by atoms with Gasteiger partial charge in [0.25, 0.3) is 0 Å². The van der Waals surface area contributed by atoms with Crippen LogP contribution in [0.25, 0.3) is 0 Å². The highest BCUT2D eigenvalue weighted by atomic mass is 14.6. The monoisotopic (exact) mass is 250 g/mol. The van der Waals surface area contributed by atoms with E-state index in [2.05, 4.69) is 42.2 Å². The summed E-state index contributed by atoms with van der Waals surface area (Å²) in [5.41, 5.74) is 3.69. The average Bonchev–Trinajstić information content (AvgIpc) is 3.09. The summed E-state index contributed by atoms with van der Waals surface area (Å²) in [6.07, 6.45) is 20.3. The second-order valence-electron chi connectivity index (χ2n) is 3.80. The molecule has 0 spiro atoms. The molecule has 0 saturated heterocycles. The van der Waals surface area contributed by atoms with E-state index >= 15 is 0 Å². The van der Waals surface area contributed by atoms with Crippen molar-refractivity contribution in [1.29, 1.82) is 0 Å². The van der Waals surface area contributed by atoms with Crippen LogP contribution in [0.2, 0.25) is 0 Å². The number of hydrogen-bond donors (Lipinski definition) is 0. The maximum Gasteiger partial charge on any atom is 0.0273 e. The van der Waals surface area contributed by atoms with Gasteiger partial charge in [0.05, 0.1) is 0 Å². The summed E-state index contributed by atoms with van der Waals surface area (Å²) in [5, 5.41) is 0. The third kappa shape index (κ3) is 6.74. The van der Waals surface area contributed by atoms with E-state index in [1.807, 2.05) is 30.4 Å². The van der Waals surface area contributed by atoms with Gasteiger partial charge in [0.2, 0.25) is 0 Å². The molecular formula is C17H18N2. The third-order valence-corrected chi connectivity index (χ3v) is 2.31. The summed E-state index contributed by atoms with van der Waals surface area (Å²) in [5.74, 6) is 0. The molecule has 2 heteroatoms. The first-order valence-electron chi connectivity index (χ1n) is 6.00. The van der Waals surface area contributed by atoms with Crippen LogP contribution in [0.3, 0.4) is 0 Å². The lowest BCUT2D eigenvalue weighted by Gasteiger charge is -1.90. The van der Waals surface area contributed by atoms with Gasteiger partial charge in [-0.2, -0.15) is 0 Å². The highest BCUT2D eigenvalue weighted by Crippen LogP contribution is 2.27. The minimum absolute atomic E-state index is 1.08. The molecule has 1 rings (SSSR count). The Hall–Kier alpha value is -2.48. The number of rotatable bonds is 7. The van der Waals surface area contributed by atoms with Crippen molar-refractivity contribution in [2.75, 3.05) is 0 Å². The number of aliphatic imine (C=N–C) groups is 2. The summed E-state index contributed by atoms with van der Waals surface area (Å²) in [6, 6.07) is 0. The predicted molar refractivity (Wildman–Crippen MR) is 85.6 cm³/mol. The van der Waals surface area contributed by atoms with Crippen molar-refractivity contribution in [3.05, 3.63) is 84.8 Å². The molecule has 0 aromatic carbocycles. The molecule has 2 nitrogen and oxygen atoms in total. The molecule has 0 unspecified atom stereocenters. The molecule has 0 saturated carbocycles. The molecule has 0 aromatic rings. The first kappa shape index (κ1) is 14.6. The maximum atomic E-state index is 3.96. The minimum atomic E-state index is 1.08. The first-order chi connectivity index (χ1) is 9.27. The Morgan fingerprint density at radius 2 is 1.74 bits per heavy atom. The Balaban J connectivity index is 2.66. The van der Waals surface area contributed by atoms with Crippen molar-refractivity contribution in [3.8, 4) is 0 Å². The molecule has 0 bridgehead atoms. The summed E-state index contributed by atoms with van der Waals surface area (Å²) >= 11 is 0. The zero-order chi connectivity index (χ0) is 13.9. The molecule has 0 N–H and O–H groups in total. The normalized spacial score (nSPS) is 18.1. The molecule has 19 heavy (non-hydrogen) atoms. The van der Waals surface area contributed by atoms with E-state index in [0.29, 0.717) is 0 Å². The van der Waals surface area contributed by atoms with Crippen molar-refractivity contribution in [2.24, 2.45) is 9.98 Å². The Labute approximate surface area is 115 Å². The van der Waals surface area contributed by atoms with Crippen molar-refractivity contribution >= 4 is 12.4 Å². The second-order valence-corrected chi connectivity index (χ2v) is 3.80. The van der Waals surface area contributed by atoms with Crippen LogP contribution in [0.5, 0.6) is 0 Å². The van der Waals surface area contributed by atoms with Crippen molar-refractivity contribution in [2.45, 2.75) is 6.92 Å². The van der Waals surface area contributed by atoms with Crippen LogP contribution in [-0.4, -0.2) is 12.4 Å². The van der Waals surface area contributed by atoms with E-state index in [9.17, 15) is 0 Å². The predicted octanol–water partition coefficient (Wildman–Crippen LogP) is 4.34. The molecular weight excluding hydrogens is 232 g/mol. The highest BCUT2D eigenvalue weighted by Gasteiger charge is 2.08. The molecule has 1 aliphatic carbocycles. The molecule has 0 radical (unpaired) electrons. The molecule has 1 aliphatic rings. The fourth-order valence-corrected chi connectivity index (χ4v) is 1.27. The van der Waals surface area contributed by atoms with E-state index < -0.39 is 0 Å². The Bertz CT molecular complexity index is 536. The molecule has 96 valence electrons. The molecule has 0 aromatic heterocycles. The molecule has 0 fully saturated rings. The van der Waals surface area contributed by atoms with Crippen LogP contribution in [0.1, 0.15) is 6.92 Å². The lowest BCUT2D eigenvalue weighted by Crippen LogP contribution is -1.74. The van der Waals surface area contributed by atoms with Crippen LogP contribution < -0.4 is 0 Å². The van der Waals surface area contributed by atoms with E-state index in [1.54, 1.807) is 12.4 Å². The van der Waals surface area contributed by atoms with E-state index in [0.717, 1.165) is 5.57 Å². The van der Waals surface area contributed by atoms with Crippen LogP contribution >= 0.6 is 0 Å². The fourth-order valence-electron chi connectivity index (χ4n) is 1.27. The van der Waals surface area contributed by atoms with E-state index in [-0.39, 0.29) is 0 Å². The quantitative estimate of drug-likeness (QED) is 0.474. The largest absolute Gasteiger partial charge is 0.265 e. The maximum absolute atomic E-state index is 3.96. The third-order valence-electron chi connectivity index (χ3n) is 2.31. The minimum Gasteiger partial charge on any atom is -0.265 e. The smallest absolute Gasteiger partial charge is 0.0273 e. The zero-order valence-corrected chi connectivity index (χ0v) is 11.2. The topological polar surface area (TPSA) is 24.7 Å². The van der Waals surface area contributed by atoms with Gasteiger partial charge in [-0.25, -0.2) is 0 Å². The van der Waals surface area contributed by atoms with Gasteiger partial charge in [-0.1, -0.05) is 37.5 Å². The summed E-state index contributed by atoms with van der Waals surface area (Å²) in [4.78, 5) is 7.83. The summed E-state index contributed by atoms with van der Waals surface area (Å²) in [7, 11) is 0. The SMILES string of the molecule is C=C\N=C\C=C\C=C/C(/C=C1C=C/1C)=C\C=N\C=C. The number of nitrogens with zero attached hydrogens (tertiary/aromatic N) is 2. The van der Waals surface area contributed by atoms with E-state index in [4.69, 9.17) is 0 Å². The van der Waals surface area contributed by atoms with E-state index in [1.165, 1.54) is 23.5 Å². The Morgan fingerprint density at radius 1 is 1.05 bits per heavy atom. The molecule has 0 heterocycles. The average molecular weight is 250 g/mol. The van der Waals surface area contributed by atoms with Crippen LogP contribution in [-0.2, 0) is 0 Å². The zero-order valence-electron chi connectivity index (χ0n) is 11.2. The van der Waals surface area contributed by atoms with Crippen LogP contribution in [0, 0.1) is 0 Å². The van der Waals surface area contributed by atoms with Gasteiger partial charge in [-0.3, -0.25) is 9.98 Å². The van der Waals surface area contributed by atoms with Gasteiger partial charge in [0.15, 0.2) is 0 Å². The summed E-state index contributed by atoms with van der Waals surface area (Å²) < 4.78 is 0. The number of allylic oxidation sites excluding steroid dienone is 10. The Kier molecular flexibility index (Phi) is 6.59. The lowest BCUT2D eigenvalue weighted by molar-refractivity contribution is 1.59. The van der Waals surface area contributed by atoms with Crippen molar-refractivity contribution in [1.82, 2.24) is 0 Å². The summed E-state index contributed by atoms with van der Waals surface area (Å²) in [6.45, 7) is 9.14.